The zero-order valence-electron chi connectivity index (χ0n) is 15.1. The zero-order valence-corrected chi connectivity index (χ0v) is 16.7. The minimum atomic E-state index is -5.24. The number of carboxylic acid groups (broad SMARTS) is 1. The molecule has 31 heavy (non-hydrogen) atoms. The van der Waals surface area contributed by atoms with Gasteiger partial charge in [0.2, 0.25) is 12.0 Å². The van der Waals surface area contributed by atoms with Crippen LogP contribution in [-0.2, 0) is 48.2 Å². The highest BCUT2D eigenvalue weighted by atomic mass is 32.3. The van der Waals surface area contributed by atoms with E-state index in [1.807, 2.05) is 0 Å². The molecule has 17 nitrogen and oxygen atoms in total. The summed E-state index contributed by atoms with van der Waals surface area (Å²) in [4.78, 5) is 11.2. The molecule has 1 fully saturated rings. The van der Waals surface area contributed by atoms with Crippen LogP contribution < -0.4 is 5.73 Å². The molecule has 0 aliphatic carbocycles. The molecule has 0 aromatic carbocycles. The first-order valence-corrected chi connectivity index (χ1v) is 10.8. The summed E-state index contributed by atoms with van der Waals surface area (Å²) in [7, 11) is -10.3. The Morgan fingerprint density at radius 2 is 1.71 bits per heavy atom. The van der Waals surface area contributed by atoms with Crippen molar-refractivity contribution >= 4 is 26.8 Å². The van der Waals surface area contributed by atoms with Crippen molar-refractivity contribution in [3.8, 4) is 0 Å². The lowest BCUT2D eigenvalue weighted by Crippen LogP contribution is -2.64. The number of hydrogen-bond acceptors (Lipinski definition) is 14. The maximum absolute atomic E-state index is 11.2. The molecule has 0 amide bonds. The van der Waals surface area contributed by atoms with Gasteiger partial charge in [-0.15, -0.1) is 0 Å². The van der Waals surface area contributed by atoms with Crippen LogP contribution in [0.2, 0.25) is 0 Å². The maximum Gasteiger partial charge on any atom is 0.397 e. The summed E-state index contributed by atoms with van der Waals surface area (Å²) in [6, 6.07) is -1.57. The molecule has 0 saturated carbocycles. The van der Waals surface area contributed by atoms with Gasteiger partial charge in [0.1, 0.15) is 24.4 Å². The molecule has 0 spiro atoms. The third kappa shape index (κ3) is 7.00. The highest BCUT2D eigenvalue weighted by Crippen LogP contribution is 2.29. The molecule has 180 valence electrons. The van der Waals surface area contributed by atoms with Crippen LogP contribution in [0.15, 0.2) is 11.8 Å². The number of aliphatic hydroxyl groups excluding tert-OH is 3. The quantitative estimate of drug-likeness (QED) is 0.155. The minimum absolute atomic E-state index is 0.528. The summed E-state index contributed by atoms with van der Waals surface area (Å²) in [5.41, 5.74) is 5.52. The Labute approximate surface area is 174 Å². The summed E-state index contributed by atoms with van der Waals surface area (Å²) in [5.74, 6) is -2.66. The zero-order chi connectivity index (χ0) is 23.7. The van der Waals surface area contributed by atoms with E-state index in [9.17, 15) is 36.9 Å². The van der Waals surface area contributed by atoms with Crippen LogP contribution in [0.5, 0.6) is 0 Å². The number of ether oxygens (including phenoxy) is 3. The summed E-state index contributed by atoms with van der Waals surface area (Å²) < 4.78 is 84.7. The Morgan fingerprint density at radius 3 is 2.23 bits per heavy atom. The maximum atomic E-state index is 11.2. The molecule has 0 radical (unpaired) electrons. The molecule has 8 N–H and O–H groups in total. The molecule has 19 heteroatoms. The molecule has 1 saturated heterocycles. The second kappa shape index (κ2) is 9.56. The van der Waals surface area contributed by atoms with Crippen LogP contribution in [0.1, 0.15) is 0 Å². The van der Waals surface area contributed by atoms with E-state index in [2.05, 4.69) is 8.37 Å². The number of rotatable bonds is 8. The number of nitrogens with two attached hydrogens (primary N) is 1. The van der Waals surface area contributed by atoms with Crippen LogP contribution in [0, 0.1) is 0 Å². The summed E-state index contributed by atoms with van der Waals surface area (Å²) in [6.07, 6.45) is -13.1. The molecule has 2 heterocycles. The van der Waals surface area contributed by atoms with Gasteiger partial charge in [0, 0.05) is 0 Å². The normalized spacial score (nSPS) is 37.0. The van der Waals surface area contributed by atoms with E-state index in [-0.39, 0.29) is 0 Å². The van der Waals surface area contributed by atoms with Crippen molar-refractivity contribution in [3.05, 3.63) is 11.8 Å². The van der Waals surface area contributed by atoms with Gasteiger partial charge in [-0.2, -0.15) is 16.8 Å². The van der Waals surface area contributed by atoms with Crippen molar-refractivity contribution in [2.75, 3.05) is 6.61 Å². The highest BCUT2D eigenvalue weighted by Gasteiger charge is 2.49. The van der Waals surface area contributed by atoms with Crippen molar-refractivity contribution in [1.82, 2.24) is 0 Å². The fraction of sp³-hybridized carbons (Fsp3) is 0.750. The van der Waals surface area contributed by atoms with Crippen LogP contribution >= 0.6 is 0 Å². The molecular formula is C12H19NO16S2. The Morgan fingerprint density at radius 1 is 1.10 bits per heavy atom. The first-order chi connectivity index (χ1) is 14.1. The number of aliphatic carboxylic acids is 1. The Bertz CT molecular complexity index is 902. The number of carbonyl (C=O) groups is 1. The van der Waals surface area contributed by atoms with E-state index >= 15 is 0 Å². The molecule has 2 aliphatic heterocycles. The Kier molecular flexibility index (Phi) is 7.95. The monoisotopic (exact) mass is 497 g/mol. The van der Waals surface area contributed by atoms with Gasteiger partial charge >= 0.3 is 26.8 Å². The van der Waals surface area contributed by atoms with Crippen LogP contribution in [-0.4, -0.2) is 108 Å². The van der Waals surface area contributed by atoms with E-state index in [1.54, 1.807) is 0 Å². The largest absolute Gasteiger partial charge is 0.475 e. The lowest BCUT2D eigenvalue weighted by atomic mass is 9.97. The summed E-state index contributed by atoms with van der Waals surface area (Å²) in [5, 5.41) is 39.0. The lowest BCUT2D eigenvalue weighted by Gasteiger charge is -2.43. The molecular weight excluding hydrogens is 478 g/mol. The second-order valence-corrected chi connectivity index (χ2v) is 8.39. The van der Waals surface area contributed by atoms with E-state index in [1.165, 1.54) is 0 Å². The smallest absolute Gasteiger partial charge is 0.397 e. The topological polar surface area (TPSA) is 279 Å². The van der Waals surface area contributed by atoms with Crippen molar-refractivity contribution in [2.45, 2.75) is 49.1 Å². The minimum Gasteiger partial charge on any atom is -0.475 e. The average molecular weight is 497 g/mol. The predicted octanol–water partition coefficient (Wildman–Crippen LogP) is -4.53. The van der Waals surface area contributed by atoms with Gasteiger partial charge in [0.25, 0.3) is 0 Å². The molecule has 0 aromatic rings. The number of hydrogen-bond donors (Lipinski definition) is 7. The van der Waals surface area contributed by atoms with Gasteiger partial charge < -0.3 is 40.4 Å². The SMILES string of the molecule is N[C@H]1C(O)O[C@H](COS(=O)(=O)O)[C@@H](O[C@@H]2OC(C(=O)O)=C[C@H](O)[C@H]2OS(=O)(=O)O)[C@@H]1O. The predicted molar refractivity (Wildman–Crippen MR) is 90.3 cm³/mol. The third-order valence-electron chi connectivity index (χ3n) is 4.03. The van der Waals surface area contributed by atoms with Crippen molar-refractivity contribution in [2.24, 2.45) is 5.73 Å². The summed E-state index contributed by atoms with van der Waals surface area (Å²) in [6.45, 7) is -1.06. The lowest BCUT2D eigenvalue weighted by molar-refractivity contribution is -0.301. The molecule has 2 aliphatic rings. The number of aliphatic hydroxyl groups is 3. The molecule has 8 atom stereocenters. The van der Waals surface area contributed by atoms with E-state index in [4.69, 9.17) is 34.2 Å². The van der Waals surface area contributed by atoms with Crippen LogP contribution in [0.25, 0.3) is 0 Å². The van der Waals surface area contributed by atoms with Gasteiger partial charge in [0.05, 0.1) is 12.6 Å². The van der Waals surface area contributed by atoms with Gasteiger partial charge in [-0.3, -0.25) is 9.11 Å². The second-order valence-electron chi connectivity index (χ2n) is 6.25. The van der Waals surface area contributed by atoms with Gasteiger partial charge in [-0.1, -0.05) is 0 Å². The first-order valence-electron chi connectivity index (χ1n) is 8.09. The molecule has 1 unspecified atom stereocenters. The molecule has 0 bridgehead atoms. The fourth-order valence-corrected chi connectivity index (χ4v) is 3.47. The van der Waals surface area contributed by atoms with Gasteiger partial charge in [-0.05, 0) is 6.08 Å². The Hall–Kier alpha value is -1.49. The van der Waals surface area contributed by atoms with Crippen LogP contribution in [0.4, 0.5) is 0 Å². The van der Waals surface area contributed by atoms with Crippen molar-refractivity contribution in [3.63, 3.8) is 0 Å². The number of carboxylic acids is 1. The van der Waals surface area contributed by atoms with Crippen molar-refractivity contribution < 1.29 is 73.7 Å². The standard InChI is InChI=1S/C12H19NO16S2/c13-6-7(15)9(5(26-11(6)18)2-25-30(19,20)21)28-12-8(29-31(22,23)24)3(14)1-4(27-12)10(16)17/h1,3,5-9,11-12,14-15,18H,2,13H2,(H,16,17)(H,19,20,21)(H,22,23,24)/t3-,5+,6+,7+,8+,9+,11?,12-/m0/s1. The first kappa shape index (κ1) is 25.8. The van der Waals surface area contributed by atoms with Gasteiger partial charge in [0.15, 0.2) is 12.4 Å². The fourth-order valence-electron chi connectivity index (χ4n) is 2.68. The van der Waals surface area contributed by atoms with E-state index in [0.717, 1.165) is 0 Å². The third-order valence-corrected chi connectivity index (χ3v) is 4.93. The molecule has 0 aromatic heterocycles. The molecule has 2 rings (SSSR count). The average Bonchev–Trinajstić information content (AvgIpc) is 2.61. The highest BCUT2D eigenvalue weighted by molar-refractivity contribution is 7.81. The summed E-state index contributed by atoms with van der Waals surface area (Å²) >= 11 is 0. The van der Waals surface area contributed by atoms with E-state index in [0.29, 0.717) is 6.08 Å². The van der Waals surface area contributed by atoms with Crippen LogP contribution in [0.3, 0.4) is 0 Å². The van der Waals surface area contributed by atoms with Gasteiger partial charge in [-0.25, -0.2) is 13.2 Å². The Balaban J connectivity index is 2.34. The van der Waals surface area contributed by atoms with Crippen molar-refractivity contribution in [1.29, 1.82) is 0 Å². The van der Waals surface area contributed by atoms with E-state index < -0.39 is 88.3 Å².